The number of pyridine rings is 1. The Morgan fingerprint density at radius 1 is 1.00 bits per heavy atom. The van der Waals surface area contributed by atoms with Crippen molar-refractivity contribution in [1.82, 2.24) is 9.88 Å². The summed E-state index contributed by atoms with van der Waals surface area (Å²) in [6.45, 7) is 14.8. The highest BCUT2D eigenvalue weighted by Crippen LogP contribution is 2.37. The summed E-state index contributed by atoms with van der Waals surface area (Å²) in [5.41, 5.74) is 3.77. The number of methoxy groups -OCH3 is 1. The fourth-order valence-corrected chi connectivity index (χ4v) is 5.03. The average Bonchev–Trinajstić information content (AvgIpc) is 3.41. The smallest absolute Gasteiger partial charge is 0.192 e. The normalized spacial score (nSPS) is 14.6. The van der Waals surface area contributed by atoms with E-state index in [1.165, 1.54) is 6.07 Å². The van der Waals surface area contributed by atoms with Gasteiger partial charge in [0.2, 0.25) is 0 Å². The van der Waals surface area contributed by atoms with Gasteiger partial charge in [-0.1, -0.05) is 32.9 Å². The van der Waals surface area contributed by atoms with Crippen molar-refractivity contribution in [3.8, 4) is 11.5 Å². The standard InChI is InChI=1S/C31H40FN3O3Si/c1-23(29-18-25(32)10-13-30(29)37-20-24-8-11-28(36-5)12-9-24)34-16-17-35(22-34)27-14-15-33-26(19-27)21-38-39(6,7)31(2,3)4/h8-19,23H,20-22H2,1-7H3. The molecule has 2 aromatic carbocycles. The van der Waals surface area contributed by atoms with Crippen molar-refractivity contribution < 1.29 is 18.3 Å². The lowest BCUT2D eigenvalue weighted by molar-refractivity contribution is 0.272. The average molecular weight is 550 g/mol. The molecule has 0 aliphatic carbocycles. The lowest BCUT2D eigenvalue weighted by Crippen LogP contribution is -2.40. The molecule has 208 valence electrons. The summed E-state index contributed by atoms with van der Waals surface area (Å²) >= 11 is 0. The quantitative estimate of drug-likeness (QED) is 0.242. The van der Waals surface area contributed by atoms with Gasteiger partial charge < -0.3 is 23.7 Å². The maximum atomic E-state index is 14.3. The first kappa shape index (κ1) is 28.6. The second-order valence-electron chi connectivity index (χ2n) is 11.5. The number of benzene rings is 2. The van der Waals surface area contributed by atoms with Gasteiger partial charge in [-0.3, -0.25) is 4.98 Å². The Hall–Kier alpha value is -3.36. The first-order valence-electron chi connectivity index (χ1n) is 13.3. The van der Waals surface area contributed by atoms with Crippen LogP contribution in [0.3, 0.4) is 0 Å². The van der Waals surface area contributed by atoms with Crippen LogP contribution in [0.5, 0.6) is 11.5 Å². The topological polar surface area (TPSA) is 47.1 Å². The van der Waals surface area contributed by atoms with Crippen molar-refractivity contribution >= 4 is 14.0 Å². The number of halogens is 1. The van der Waals surface area contributed by atoms with Gasteiger partial charge in [-0.2, -0.15) is 0 Å². The molecule has 0 spiro atoms. The molecule has 0 amide bonds. The number of ether oxygens (including phenoxy) is 2. The summed E-state index contributed by atoms with van der Waals surface area (Å²) in [5, 5.41) is 0.146. The van der Waals surface area contributed by atoms with Crippen molar-refractivity contribution in [3.05, 3.63) is 95.8 Å². The second-order valence-corrected chi connectivity index (χ2v) is 16.3. The van der Waals surface area contributed by atoms with Crippen LogP contribution in [-0.4, -0.2) is 32.0 Å². The van der Waals surface area contributed by atoms with Crippen LogP contribution in [0, 0.1) is 5.82 Å². The minimum absolute atomic E-state index is 0.101. The lowest BCUT2D eigenvalue weighted by atomic mass is 10.1. The van der Waals surface area contributed by atoms with Crippen molar-refractivity contribution in [3.63, 3.8) is 0 Å². The minimum Gasteiger partial charge on any atom is -0.497 e. The molecule has 4 rings (SSSR count). The monoisotopic (exact) mass is 549 g/mol. The summed E-state index contributed by atoms with van der Waals surface area (Å²) in [6.07, 6.45) is 5.91. The van der Waals surface area contributed by atoms with Gasteiger partial charge in [0, 0.05) is 29.8 Å². The minimum atomic E-state index is -1.87. The molecule has 3 aromatic rings. The molecular formula is C31H40FN3O3Si. The zero-order valence-electron chi connectivity index (χ0n) is 24.1. The van der Waals surface area contributed by atoms with Crippen molar-refractivity contribution in [2.24, 2.45) is 0 Å². The molecule has 0 radical (unpaired) electrons. The Balaban J connectivity index is 1.42. The van der Waals surface area contributed by atoms with E-state index in [0.29, 0.717) is 25.6 Å². The molecule has 1 aliphatic rings. The third kappa shape index (κ3) is 6.99. The van der Waals surface area contributed by atoms with Gasteiger partial charge in [0.1, 0.15) is 23.9 Å². The molecule has 2 heterocycles. The molecule has 1 atom stereocenters. The predicted octanol–water partition coefficient (Wildman–Crippen LogP) is 7.64. The van der Waals surface area contributed by atoms with Gasteiger partial charge in [0.15, 0.2) is 8.32 Å². The Morgan fingerprint density at radius 2 is 1.74 bits per heavy atom. The van der Waals surface area contributed by atoms with E-state index >= 15 is 0 Å². The SMILES string of the molecule is COc1ccc(COc2ccc(F)cc2C(C)N2C=CN(c3ccnc(CO[Si](C)(C)C(C)(C)C)c3)C2)cc1. The third-order valence-corrected chi connectivity index (χ3v) is 12.2. The summed E-state index contributed by atoms with van der Waals surface area (Å²) < 4.78 is 32.1. The van der Waals surface area contributed by atoms with E-state index in [1.54, 1.807) is 19.2 Å². The van der Waals surface area contributed by atoms with Crippen LogP contribution in [0.4, 0.5) is 10.1 Å². The van der Waals surface area contributed by atoms with E-state index in [-0.39, 0.29) is 16.9 Å². The zero-order chi connectivity index (χ0) is 28.2. The summed E-state index contributed by atoms with van der Waals surface area (Å²) in [5.74, 6) is 1.18. The molecular weight excluding hydrogens is 509 g/mol. The van der Waals surface area contributed by atoms with Gasteiger partial charge in [-0.25, -0.2) is 4.39 Å². The van der Waals surface area contributed by atoms with Crippen LogP contribution in [0.25, 0.3) is 0 Å². The second kappa shape index (κ2) is 11.8. The van der Waals surface area contributed by atoms with Gasteiger partial charge in [-0.05, 0) is 73.1 Å². The predicted molar refractivity (Wildman–Crippen MR) is 157 cm³/mol. The van der Waals surface area contributed by atoms with Crippen molar-refractivity contribution in [1.29, 1.82) is 0 Å². The number of hydrogen-bond donors (Lipinski definition) is 0. The number of hydrogen-bond acceptors (Lipinski definition) is 6. The molecule has 0 N–H and O–H groups in total. The molecule has 6 nitrogen and oxygen atoms in total. The summed E-state index contributed by atoms with van der Waals surface area (Å²) in [6, 6.07) is 16.4. The van der Waals surface area contributed by atoms with Crippen LogP contribution in [0.15, 0.2) is 73.2 Å². The van der Waals surface area contributed by atoms with Crippen LogP contribution >= 0.6 is 0 Å². The van der Waals surface area contributed by atoms with Crippen LogP contribution in [-0.2, 0) is 17.6 Å². The lowest BCUT2D eigenvalue weighted by Gasteiger charge is -2.36. The van der Waals surface area contributed by atoms with Crippen LogP contribution in [0.1, 0.15) is 50.6 Å². The van der Waals surface area contributed by atoms with Gasteiger partial charge in [0.05, 0.1) is 32.1 Å². The highest BCUT2D eigenvalue weighted by Gasteiger charge is 2.37. The van der Waals surface area contributed by atoms with Crippen molar-refractivity contribution in [2.45, 2.75) is 65.1 Å². The molecule has 1 aromatic heterocycles. The van der Waals surface area contributed by atoms with E-state index in [9.17, 15) is 4.39 Å². The summed E-state index contributed by atoms with van der Waals surface area (Å²) in [4.78, 5) is 8.87. The Bertz CT molecular complexity index is 1290. The van der Waals surface area contributed by atoms with Crippen molar-refractivity contribution in [2.75, 3.05) is 18.7 Å². The zero-order valence-corrected chi connectivity index (χ0v) is 25.1. The van der Waals surface area contributed by atoms with E-state index in [4.69, 9.17) is 13.9 Å². The molecule has 0 bridgehead atoms. The van der Waals surface area contributed by atoms with E-state index in [1.807, 2.05) is 48.9 Å². The Morgan fingerprint density at radius 3 is 2.44 bits per heavy atom. The Kier molecular flexibility index (Phi) is 8.66. The van der Waals surface area contributed by atoms with E-state index in [2.05, 4.69) is 61.6 Å². The number of nitrogens with zero attached hydrogens (tertiary/aromatic N) is 3. The van der Waals surface area contributed by atoms with Gasteiger partial charge in [-0.15, -0.1) is 0 Å². The van der Waals surface area contributed by atoms with Crippen LogP contribution in [0.2, 0.25) is 18.1 Å². The molecule has 0 saturated carbocycles. The van der Waals surface area contributed by atoms with E-state index < -0.39 is 8.32 Å². The molecule has 8 heteroatoms. The highest BCUT2D eigenvalue weighted by atomic mass is 28.4. The molecule has 39 heavy (non-hydrogen) atoms. The third-order valence-electron chi connectivity index (χ3n) is 7.75. The van der Waals surface area contributed by atoms with Crippen LogP contribution < -0.4 is 14.4 Å². The summed E-state index contributed by atoms with van der Waals surface area (Å²) in [7, 11) is -0.224. The fraction of sp³-hybridized carbons (Fsp3) is 0.387. The first-order chi connectivity index (χ1) is 18.5. The van der Waals surface area contributed by atoms with E-state index in [0.717, 1.165) is 28.3 Å². The number of anilines is 1. The molecule has 0 fully saturated rings. The highest BCUT2D eigenvalue weighted by molar-refractivity contribution is 6.74. The largest absolute Gasteiger partial charge is 0.497 e. The molecule has 1 unspecified atom stereocenters. The maximum Gasteiger partial charge on any atom is 0.192 e. The fourth-order valence-electron chi connectivity index (χ4n) is 4.09. The molecule has 1 aliphatic heterocycles. The number of aromatic nitrogens is 1. The van der Waals surface area contributed by atoms with Gasteiger partial charge >= 0.3 is 0 Å². The first-order valence-corrected chi connectivity index (χ1v) is 16.2. The molecule has 0 saturated heterocycles. The van der Waals surface area contributed by atoms with Gasteiger partial charge in [0.25, 0.3) is 0 Å². The number of rotatable bonds is 10. The Labute approximate surface area is 233 Å². The maximum absolute atomic E-state index is 14.3.